The van der Waals surface area contributed by atoms with Gasteiger partial charge in [0.15, 0.2) is 0 Å². The van der Waals surface area contributed by atoms with Crippen molar-refractivity contribution in [3.63, 3.8) is 0 Å². The lowest BCUT2D eigenvalue weighted by atomic mass is 9.92. The Balaban J connectivity index is 1.49. The maximum atomic E-state index is 5.61. The number of hydrogen-bond donors (Lipinski definition) is 1. The summed E-state index contributed by atoms with van der Waals surface area (Å²) in [7, 11) is 0. The summed E-state index contributed by atoms with van der Waals surface area (Å²) in [5.41, 5.74) is 2.39. The van der Waals surface area contributed by atoms with E-state index in [-0.39, 0.29) is 0 Å². The molecule has 2 atom stereocenters. The fourth-order valence-electron chi connectivity index (χ4n) is 4.07. The number of aromatic nitrogens is 2. The molecule has 0 spiro atoms. The summed E-state index contributed by atoms with van der Waals surface area (Å²) in [5, 5.41) is 7.76. The van der Waals surface area contributed by atoms with Crippen LogP contribution in [0.15, 0.2) is 28.8 Å². The van der Waals surface area contributed by atoms with Crippen molar-refractivity contribution in [1.29, 1.82) is 0 Å². The Morgan fingerprint density at radius 2 is 2.08 bits per heavy atom. The third-order valence-corrected chi connectivity index (χ3v) is 5.56. The van der Waals surface area contributed by atoms with Crippen LogP contribution in [0.3, 0.4) is 0 Å². The maximum Gasteiger partial charge on any atom is 0.231 e. The molecule has 3 heterocycles. The Kier molecular flexibility index (Phi) is 5.13. The predicted molar refractivity (Wildman–Crippen MR) is 98.3 cm³/mol. The summed E-state index contributed by atoms with van der Waals surface area (Å²) in [4.78, 5) is 7.25. The summed E-state index contributed by atoms with van der Waals surface area (Å²) in [6.07, 6.45) is 6.29. The van der Waals surface area contributed by atoms with Gasteiger partial charge in [-0.15, -0.1) is 0 Å². The van der Waals surface area contributed by atoms with Gasteiger partial charge in [-0.25, -0.2) is 0 Å². The molecule has 25 heavy (non-hydrogen) atoms. The molecule has 0 radical (unpaired) electrons. The van der Waals surface area contributed by atoms with E-state index in [1.807, 2.05) is 0 Å². The second kappa shape index (κ2) is 7.67. The second-order valence-corrected chi connectivity index (χ2v) is 7.48. The van der Waals surface area contributed by atoms with Gasteiger partial charge in [-0.05, 0) is 63.9 Å². The van der Waals surface area contributed by atoms with E-state index in [1.165, 1.54) is 37.9 Å². The normalized spacial score (nSPS) is 25.2. The lowest BCUT2D eigenvalue weighted by Crippen LogP contribution is -2.37. The Morgan fingerprint density at radius 1 is 1.20 bits per heavy atom. The van der Waals surface area contributed by atoms with E-state index in [0.29, 0.717) is 17.8 Å². The van der Waals surface area contributed by atoms with Gasteiger partial charge < -0.3 is 9.84 Å². The summed E-state index contributed by atoms with van der Waals surface area (Å²) in [6, 6.07) is 9.00. The quantitative estimate of drug-likeness (QED) is 0.922. The molecule has 134 valence electrons. The molecule has 5 heteroatoms. The first-order chi connectivity index (χ1) is 12.3. The zero-order chi connectivity index (χ0) is 17.1. The van der Waals surface area contributed by atoms with Gasteiger partial charge in [0, 0.05) is 18.2 Å². The van der Waals surface area contributed by atoms with Crippen LogP contribution in [0, 0.1) is 0 Å². The van der Waals surface area contributed by atoms with Crippen LogP contribution in [-0.2, 0) is 6.54 Å². The van der Waals surface area contributed by atoms with Gasteiger partial charge in [0.2, 0.25) is 11.7 Å². The highest BCUT2D eigenvalue weighted by molar-refractivity contribution is 5.55. The van der Waals surface area contributed by atoms with E-state index in [0.717, 1.165) is 37.4 Å². The van der Waals surface area contributed by atoms with Crippen molar-refractivity contribution in [2.75, 3.05) is 19.6 Å². The Hall–Kier alpha value is -1.72. The van der Waals surface area contributed by atoms with Crippen molar-refractivity contribution >= 4 is 0 Å². The molecule has 2 saturated heterocycles. The molecule has 1 aromatic carbocycles. The number of rotatable bonds is 4. The fourth-order valence-corrected chi connectivity index (χ4v) is 4.07. The zero-order valence-electron chi connectivity index (χ0n) is 15.1. The minimum absolute atomic E-state index is 0.325. The van der Waals surface area contributed by atoms with Crippen LogP contribution in [0.4, 0.5) is 0 Å². The molecule has 1 N–H and O–H groups in total. The van der Waals surface area contributed by atoms with Crippen molar-refractivity contribution in [3.05, 3.63) is 35.7 Å². The summed E-state index contributed by atoms with van der Waals surface area (Å²) < 4.78 is 5.61. The highest BCUT2D eigenvalue weighted by atomic mass is 16.5. The third-order valence-electron chi connectivity index (χ3n) is 5.56. The minimum atomic E-state index is 0.325. The lowest BCUT2D eigenvalue weighted by Gasteiger charge is -2.26. The Morgan fingerprint density at radius 3 is 2.92 bits per heavy atom. The number of piperidine rings is 2. The second-order valence-electron chi connectivity index (χ2n) is 7.48. The Bertz CT molecular complexity index is 693. The fraction of sp³-hybridized carbons (Fsp3) is 0.600. The monoisotopic (exact) mass is 340 g/mol. The van der Waals surface area contributed by atoms with Crippen molar-refractivity contribution in [2.45, 2.75) is 57.5 Å². The number of benzene rings is 1. The van der Waals surface area contributed by atoms with Gasteiger partial charge >= 0.3 is 0 Å². The van der Waals surface area contributed by atoms with Crippen LogP contribution in [-0.4, -0.2) is 40.7 Å². The van der Waals surface area contributed by atoms with E-state index in [2.05, 4.69) is 46.6 Å². The molecule has 0 bridgehead atoms. The van der Waals surface area contributed by atoms with Gasteiger partial charge in [0.1, 0.15) is 0 Å². The van der Waals surface area contributed by atoms with E-state index in [4.69, 9.17) is 9.51 Å². The van der Waals surface area contributed by atoms with Crippen LogP contribution < -0.4 is 5.32 Å². The molecular weight excluding hydrogens is 312 g/mol. The molecule has 0 unspecified atom stereocenters. The number of hydrogen-bond acceptors (Lipinski definition) is 5. The molecule has 4 rings (SSSR count). The average molecular weight is 340 g/mol. The smallest absolute Gasteiger partial charge is 0.231 e. The first-order valence-corrected chi connectivity index (χ1v) is 9.68. The van der Waals surface area contributed by atoms with Crippen molar-refractivity contribution < 1.29 is 4.52 Å². The number of likely N-dealkylation sites (tertiary alicyclic amines) is 1. The minimum Gasteiger partial charge on any atom is -0.339 e. The molecule has 2 aliphatic heterocycles. The van der Waals surface area contributed by atoms with Gasteiger partial charge in [-0.3, -0.25) is 4.90 Å². The zero-order valence-corrected chi connectivity index (χ0v) is 15.1. The van der Waals surface area contributed by atoms with Crippen molar-refractivity contribution in [3.8, 4) is 11.4 Å². The summed E-state index contributed by atoms with van der Waals surface area (Å²) in [6.45, 7) is 6.72. The van der Waals surface area contributed by atoms with Crippen LogP contribution in [0.2, 0.25) is 0 Å². The van der Waals surface area contributed by atoms with Crippen LogP contribution in [0.25, 0.3) is 11.4 Å². The number of nitrogens with zero attached hydrogens (tertiary/aromatic N) is 3. The molecule has 1 aromatic heterocycles. The average Bonchev–Trinajstić information content (AvgIpc) is 3.13. The molecule has 2 fully saturated rings. The Labute approximate surface area is 149 Å². The molecule has 5 nitrogen and oxygen atoms in total. The highest BCUT2D eigenvalue weighted by Crippen LogP contribution is 2.28. The van der Waals surface area contributed by atoms with Crippen LogP contribution in [0.1, 0.15) is 56.4 Å². The molecule has 2 aliphatic rings. The SMILES string of the molecule is C[C@H]1NCCC[C@H]1c1nc(-c2cccc(CN3CCCCC3)c2)no1. The molecule has 0 saturated carbocycles. The topological polar surface area (TPSA) is 54.2 Å². The van der Waals surface area contributed by atoms with Gasteiger partial charge in [-0.1, -0.05) is 29.8 Å². The maximum absolute atomic E-state index is 5.61. The van der Waals surface area contributed by atoms with Crippen LogP contribution in [0.5, 0.6) is 0 Å². The number of nitrogens with one attached hydrogen (secondary N) is 1. The molecule has 2 aromatic rings. The lowest BCUT2D eigenvalue weighted by molar-refractivity contribution is 0.221. The summed E-state index contributed by atoms with van der Waals surface area (Å²) in [5.74, 6) is 1.82. The van der Waals surface area contributed by atoms with Gasteiger partial charge in [0.05, 0.1) is 5.92 Å². The van der Waals surface area contributed by atoms with E-state index < -0.39 is 0 Å². The van der Waals surface area contributed by atoms with E-state index in [1.54, 1.807) is 0 Å². The molecular formula is C20H28N4O. The van der Waals surface area contributed by atoms with Crippen molar-refractivity contribution in [1.82, 2.24) is 20.4 Å². The van der Waals surface area contributed by atoms with E-state index in [9.17, 15) is 0 Å². The largest absolute Gasteiger partial charge is 0.339 e. The summed E-state index contributed by atoms with van der Waals surface area (Å²) >= 11 is 0. The first-order valence-electron chi connectivity index (χ1n) is 9.68. The highest BCUT2D eigenvalue weighted by Gasteiger charge is 2.27. The van der Waals surface area contributed by atoms with Gasteiger partial charge in [-0.2, -0.15) is 4.98 Å². The first kappa shape index (κ1) is 16.7. The van der Waals surface area contributed by atoms with Gasteiger partial charge in [0.25, 0.3) is 0 Å². The van der Waals surface area contributed by atoms with E-state index >= 15 is 0 Å². The van der Waals surface area contributed by atoms with Crippen molar-refractivity contribution in [2.24, 2.45) is 0 Å². The standard InChI is InChI=1S/C20H28N4O/c1-15-18(9-6-10-21-15)20-22-19(23-25-20)17-8-5-7-16(13-17)14-24-11-3-2-4-12-24/h5,7-8,13,15,18,21H,2-4,6,9-12,14H2,1H3/t15-,18-/m1/s1. The molecule has 0 aliphatic carbocycles. The predicted octanol–water partition coefficient (Wildman–Crippen LogP) is 3.58. The van der Waals surface area contributed by atoms with Crippen LogP contribution >= 0.6 is 0 Å². The third kappa shape index (κ3) is 3.93. The molecule has 0 amide bonds.